The van der Waals surface area contributed by atoms with Crippen molar-refractivity contribution < 1.29 is 23.8 Å². The largest absolute Gasteiger partial charge is 0.493 e. The summed E-state index contributed by atoms with van der Waals surface area (Å²) < 4.78 is 16.2. The maximum absolute atomic E-state index is 12.3. The first-order chi connectivity index (χ1) is 12.0. The molecule has 0 atom stereocenters. The Kier molecular flexibility index (Phi) is 6.36. The van der Waals surface area contributed by atoms with Crippen molar-refractivity contribution in [2.75, 3.05) is 21.3 Å². The van der Waals surface area contributed by atoms with E-state index in [-0.39, 0.29) is 17.1 Å². The molecule has 0 saturated heterocycles. The van der Waals surface area contributed by atoms with Gasteiger partial charge < -0.3 is 14.2 Å². The molecule has 2 aromatic carbocycles. The van der Waals surface area contributed by atoms with Gasteiger partial charge in [0.15, 0.2) is 17.3 Å². The minimum Gasteiger partial charge on any atom is -0.493 e. The van der Waals surface area contributed by atoms with Crippen LogP contribution in [0.25, 0.3) is 6.08 Å². The van der Waals surface area contributed by atoms with E-state index in [1.165, 1.54) is 27.4 Å². The number of esters is 1. The Bertz CT molecular complexity index is 809. The summed E-state index contributed by atoms with van der Waals surface area (Å²) in [5.74, 6) is -0.100. The SMILES string of the molecule is COC(=O)c1c(C=CC(=O)c2ccc(Br)cc2)ccc(OC)c1OC. The van der Waals surface area contributed by atoms with Gasteiger partial charge in [-0.05, 0) is 42.0 Å². The Labute approximate surface area is 154 Å². The van der Waals surface area contributed by atoms with E-state index >= 15 is 0 Å². The molecular formula is C19H17BrO5. The molecule has 0 radical (unpaired) electrons. The number of ether oxygens (including phenoxy) is 3. The molecule has 5 nitrogen and oxygen atoms in total. The Morgan fingerprint density at radius 2 is 1.64 bits per heavy atom. The second-order valence-corrected chi connectivity index (χ2v) is 5.88. The lowest BCUT2D eigenvalue weighted by atomic mass is 10.0. The van der Waals surface area contributed by atoms with Crippen molar-refractivity contribution in [1.82, 2.24) is 0 Å². The zero-order chi connectivity index (χ0) is 18.4. The van der Waals surface area contributed by atoms with E-state index in [1.807, 2.05) is 0 Å². The van der Waals surface area contributed by atoms with Crippen LogP contribution in [0.5, 0.6) is 11.5 Å². The molecule has 0 aliphatic rings. The molecule has 2 rings (SSSR count). The molecule has 0 amide bonds. The van der Waals surface area contributed by atoms with Gasteiger partial charge >= 0.3 is 5.97 Å². The highest BCUT2D eigenvalue weighted by atomic mass is 79.9. The zero-order valence-corrected chi connectivity index (χ0v) is 15.6. The van der Waals surface area contributed by atoms with E-state index in [2.05, 4.69) is 15.9 Å². The smallest absolute Gasteiger partial charge is 0.342 e. The minimum atomic E-state index is -0.577. The number of carbonyl (C=O) groups excluding carboxylic acids is 2. The molecule has 2 aromatic rings. The summed E-state index contributed by atoms with van der Waals surface area (Å²) >= 11 is 3.33. The Hall–Kier alpha value is -2.60. The summed E-state index contributed by atoms with van der Waals surface area (Å²) in [6.07, 6.45) is 2.95. The molecule has 0 saturated carbocycles. The van der Waals surface area contributed by atoms with Crippen LogP contribution in [0.2, 0.25) is 0 Å². The summed E-state index contributed by atoms with van der Waals surface area (Å²) in [4.78, 5) is 24.4. The van der Waals surface area contributed by atoms with Crippen LogP contribution in [0.15, 0.2) is 46.9 Å². The third kappa shape index (κ3) is 4.28. The van der Waals surface area contributed by atoms with Gasteiger partial charge in [-0.25, -0.2) is 4.79 Å². The predicted octanol–water partition coefficient (Wildman–Crippen LogP) is 4.15. The van der Waals surface area contributed by atoms with E-state index < -0.39 is 5.97 Å². The number of hydrogen-bond donors (Lipinski definition) is 0. The third-order valence-electron chi connectivity index (χ3n) is 3.51. The van der Waals surface area contributed by atoms with Gasteiger partial charge in [-0.3, -0.25) is 4.79 Å². The molecule has 0 aliphatic carbocycles. The summed E-state index contributed by atoms with van der Waals surface area (Å²) in [5.41, 5.74) is 1.23. The average molecular weight is 405 g/mol. The van der Waals surface area contributed by atoms with Crippen LogP contribution in [-0.4, -0.2) is 33.1 Å². The molecule has 0 unspecified atom stereocenters. The topological polar surface area (TPSA) is 61.8 Å². The van der Waals surface area contributed by atoms with Gasteiger partial charge in [0.1, 0.15) is 5.56 Å². The number of rotatable bonds is 6. The van der Waals surface area contributed by atoms with E-state index in [0.717, 1.165) is 4.47 Å². The van der Waals surface area contributed by atoms with Crippen molar-refractivity contribution in [2.24, 2.45) is 0 Å². The van der Waals surface area contributed by atoms with Crippen molar-refractivity contribution in [3.63, 3.8) is 0 Å². The Morgan fingerprint density at radius 3 is 2.20 bits per heavy atom. The maximum atomic E-state index is 12.3. The lowest BCUT2D eigenvalue weighted by Gasteiger charge is -2.13. The van der Waals surface area contributed by atoms with E-state index in [4.69, 9.17) is 14.2 Å². The van der Waals surface area contributed by atoms with Crippen LogP contribution in [0.3, 0.4) is 0 Å². The highest BCUT2D eigenvalue weighted by molar-refractivity contribution is 9.10. The molecule has 0 fully saturated rings. The van der Waals surface area contributed by atoms with E-state index in [0.29, 0.717) is 16.9 Å². The van der Waals surface area contributed by atoms with Gasteiger partial charge in [-0.1, -0.05) is 28.1 Å². The van der Waals surface area contributed by atoms with Gasteiger partial charge in [-0.15, -0.1) is 0 Å². The Morgan fingerprint density at radius 1 is 0.960 bits per heavy atom. The summed E-state index contributed by atoms with van der Waals surface area (Å²) in [7, 11) is 4.19. The molecule has 0 aromatic heterocycles. The van der Waals surface area contributed by atoms with Gasteiger partial charge in [0, 0.05) is 10.0 Å². The van der Waals surface area contributed by atoms with E-state index in [1.54, 1.807) is 42.5 Å². The normalized spacial score (nSPS) is 10.6. The molecule has 0 N–H and O–H groups in total. The molecule has 0 spiro atoms. The molecular weight excluding hydrogens is 388 g/mol. The highest BCUT2D eigenvalue weighted by Gasteiger charge is 2.21. The molecule has 0 heterocycles. The van der Waals surface area contributed by atoms with Crippen LogP contribution in [0, 0.1) is 0 Å². The van der Waals surface area contributed by atoms with Crippen molar-refractivity contribution in [1.29, 1.82) is 0 Å². The van der Waals surface area contributed by atoms with Gasteiger partial charge in [0.2, 0.25) is 0 Å². The molecule has 0 aliphatic heterocycles. The lowest BCUT2D eigenvalue weighted by molar-refractivity contribution is 0.0596. The van der Waals surface area contributed by atoms with Crippen molar-refractivity contribution >= 4 is 33.8 Å². The van der Waals surface area contributed by atoms with Crippen LogP contribution >= 0.6 is 15.9 Å². The van der Waals surface area contributed by atoms with E-state index in [9.17, 15) is 9.59 Å². The number of hydrogen-bond acceptors (Lipinski definition) is 5. The number of methoxy groups -OCH3 is 3. The van der Waals surface area contributed by atoms with Gasteiger partial charge in [0.25, 0.3) is 0 Å². The Balaban J connectivity index is 2.42. The molecule has 0 bridgehead atoms. The lowest BCUT2D eigenvalue weighted by Crippen LogP contribution is -2.08. The monoisotopic (exact) mass is 404 g/mol. The van der Waals surface area contributed by atoms with Gasteiger partial charge in [0.05, 0.1) is 21.3 Å². The third-order valence-corrected chi connectivity index (χ3v) is 4.04. The zero-order valence-electron chi connectivity index (χ0n) is 14.0. The second-order valence-electron chi connectivity index (χ2n) is 4.96. The van der Waals surface area contributed by atoms with Crippen LogP contribution in [0.4, 0.5) is 0 Å². The molecule has 6 heteroatoms. The molecule has 130 valence electrons. The van der Waals surface area contributed by atoms with Crippen molar-refractivity contribution in [3.8, 4) is 11.5 Å². The highest BCUT2D eigenvalue weighted by Crippen LogP contribution is 2.34. The van der Waals surface area contributed by atoms with Crippen LogP contribution < -0.4 is 9.47 Å². The predicted molar refractivity (Wildman–Crippen MR) is 98.4 cm³/mol. The first-order valence-electron chi connectivity index (χ1n) is 7.33. The number of ketones is 1. The fourth-order valence-corrected chi connectivity index (χ4v) is 2.53. The summed E-state index contributed by atoms with van der Waals surface area (Å²) in [5, 5.41) is 0. The van der Waals surface area contributed by atoms with Crippen molar-refractivity contribution in [3.05, 3.63) is 63.6 Å². The quantitative estimate of drug-likeness (QED) is 0.411. The van der Waals surface area contributed by atoms with Crippen molar-refractivity contribution in [2.45, 2.75) is 0 Å². The first-order valence-corrected chi connectivity index (χ1v) is 8.12. The van der Waals surface area contributed by atoms with Crippen LogP contribution in [0.1, 0.15) is 26.3 Å². The fourth-order valence-electron chi connectivity index (χ4n) is 2.27. The number of halogens is 1. The second kappa shape index (κ2) is 8.48. The maximum Gasteiger partial charge on any atom is 0.342 e. The average Bonchev–Trinajstić information content (AvgIpc) is 2.64. The number of allylic oxidation sites excluding steroid dienone is 1. The number of benzene rings is 2. The standard InChI is InChI=1S/C19H17BrO5/c1-23-16-11-7-13(17(18(16)24-2)19(22)25-3)6-10-15(21)12-4-8-14(20)9-5-12/h4-11H,1-3H3. The first kappa shape index (κ1) is 18.7. The summed E-state index contributed by atoms with van der Waals surface area (Å²) in [6, 6.07) is 10.3. The molecule has 25 heavy (non-hydrogen) atoms. The minimum absolute atomic E-state index is 0.182. The fraction of sp³-hybridized carbons (Fsp3) is 0.158. The van der Waals surface area contributed by atoms with Crippen LogP contribution in [-0.2, 0) is 4.74 Å². The van der Waals surface area contributed by atoms with Gasteiger partial charge in [-0.2, -0.15) is 0 Å². The number of carbonyl (C=O) groups is 2. The summed E-state index contributed by atoms with van der Waals surface area (Å²) in [6.45, 7) is 0.